The van der Waals surface area contributed by atoms with Crippen molar-refractivity contribution in [1.29, 1.82) is 0 Å². The Balaban J connectivity index is 3.32. The molecule has 0 spiro atoms. The quantitative estimate of drug-likeness (QED) is 0.0422. The molecule has 0 radical (unpaired) electrons. The summed E-state index contributed by atoms with van der Waals surface area (Å²) in [6, 6.07) is -0.616. The first-order valence-corrected chi connectivity index (χ1v) is 27.4. The van der Waals surface area contributed by atoms with Crippen LogP contribution in [0.3, 0.4) is 0 Å². The molecule has 352 valence electrons. The highest BCUT2D eigenvalue weighted by Gasteiger charge is 2.18. The van der Waals surface area contributed by atoms with Crippen LogP contribution in [0.4, 0.5) is 0 Å². The number of amides is 1. The van der Waals surface area contributed by atoms with E-state index in [-0.39, 0.29) is 12.5 Å². The first-order chi connectivity index (χ1) is 29.2. The molecule has 0 saturated heterocycles. The van der Waals surface area contributed by atoms with Crippen molar-refractivity contribution in [2.75, 3.05) is 6.61 Å². The van der Waals surface area contributed by atoms with Gasteiger partial charge in [-0.25, -0.2) is 0 Å². The van der Waals surface area contributed by atoms with E-state index in [1.54, 1.807) is 6.08 Å². The highest BCUT2D eigenvalue weighted by atomic mass is 16.3. The fourth-order valence-corrected chi connectivity index (χ4v) is 8.83. The minimum absolute atomic E-state index is 0.0594. The molecule has 0 aliphatic rings. The van der Waals surface area contributed by atoms with Gasteiger partial charge in [0.05, 0.1) is 18.8 Å². The van der Waals surface area contributed by atoms with E-state index < -0.39 is 12.1 Å². The summed E-state index contributed by atoms with van der Waals surface area (Å²) in [6.07, 6.45) is 66.8. The maximum Gasteiger partial charge on any atom is 0.220 e. The van der Waals surface area contributed by atoms with E-state index in [0.717, 1.165) is 25.7 Å². The van der Waals surface area contributed by atoms with Gasteiger partial charge in [-0.1, -0.05) is 302 Å². The normalized spacial score (nSPS) is 12.8. The van der Waals surface area contributed by atoms with Crippen molar-refractivity contribution in [2.24, 2.45) is 0 Å². The van der Waals surface area contributed by atoms with Gasteiger partial charge in [0, 0.05) is 6.42 Å². The predicted octanol–water partition coefficient (Wildman–Crippen LogP) is 17.8. The maximum absolute atomic E-state index is 12.4. The van der Waals surface area contributed by atoms with Gasteiger partial charge >= 0.3 is 0 Å². The molecular weight excluding hydrogens is 723 g/mol. The number of aliphatic hydroxyl groups is 2. The lowest BCUT2D eigenvalue weighted by atomic mass is 10.0. The van der Waals surface area contributed by atoms with E-state index in [4.69, 9.17) is 0 Å². The van der Waals surface area contributed by atoms with Gasteiger partial charge in [-0.3, -0.25) is 4.79 Å². The predicted molar refractivity (Wildman–Crippen MR) is 263 cm³/mol. The molecule has 0 aromatic carbocycles. The van der Waals surface area contributed by atoms with Gasteiger partial charge in [0.2, 0.25) is 5.91 Å². The van der Waals surface area contributed by atoms with Crippen LogP contribution >= 0.6 is 0 Å². The molecule has 2 unspecified atom stereocenters. The SMILES string of the molecule is CCCCCCCCCC/C=C/C(O)C(CO)NC(=O)CCCCCCCCCCCCCCCCCCCCCCCCCCCCCCCCCCCCCCC. The Hall–Kier alpha value is -0.870. The minimum Gasteiger partial charge on any atom is -0.394 e. The highest BCUT2D eigenvalue weighted by molar-refractivity contribution is 5.76. The zero-order valence-electron chi connectivity index (χ0n) is 40.6. The number of aliphatic hydroxyl groups excluding tert-OH is 2. The van der Waals surface area contributed by atoms with Crippen molar-refractivity contribution in [2.45, 2.75) is 328 Å². The number of hydrogen-bond donors (Lipinski definition) is 3. The second kappa shape index (κ2) is 51.5. The third kappa shape index (κ3) is 48.0. The van der Waals surface area contributed by atoms with Crippen LogP contribution < -0.4 is 5.32 Å². The maximum atomic E-state index is 12.4. The molecule has 0 aromatic heterocycles. The van der Waals surface area contributed by atoms with Crippen LogP contribution in [0.25, 0.3) is 0 Å². The molecule has 0 aliphatic heterocycles. The van der Waals surface area contributed by atoms with Crippen molar-refractivity contribution in [1.82, 2.24) is 5.32 Å². The summed E-state index contributed by atoms with van der Waals surface area (Å²) in [7, 11) is 0. The van der Waals surface area contributed by atoms with Gasteiger partial charge in [-0.05, 0) is 19.3 Å². The van der Waals surface area contributed by atoms with Crippen LogP contribution in [-0.4, -0.2) is 34.9 Å². The van der Waals surface area contributed by atoms with Crippen molar-refractivity contribution in [3.8, 4) is 0 Å². The molecule has 1 amide bonds. The zero-order valence-corrected chi connectivity index (χ0v) is 40.6. The van der Waals surface area contributed by atoms with E-state index in [9.17, 15) is 15.0 Å². The largest absolute Gasteiger partial charge is 0.394 e. The summed E-state index contributed by atoms with van der Waals surface area (Å²) in [6.45, 7) is 4.32. The molecule has 3 N–H and O–H groups in total. The number of carbonyl (C=O) groups excluding carboxylic acids is 1. The third-order valence-corrected chi connectivity index (χ3v) is 13.0. The lowest BCUT2D eigenvalue weighted by Gasteiger charge is -2.20. The lowest BCUT2D eigenvalue weighted by molar-refractivity contribution is -0.123. The molecular formula is C55H109NO3. The van der Waals surface area contributed by atoms with Gasteiger partial charge in [0.1, 0.15) is 0 Å². The van der Waals surface area contributed by atoms with Crippen LogP contribution in [0, 0.1) is 0 Å². The Morgan fingerprint density at radius 2 is 0.627 bits per heavy atom. The molecule has 0 bridgehead atoms. The summed E-state index contributed by atoms with van der Waals surface area (Å²) < 4.78 is 0. The number of hydrogen-bond acceptors (Lipinski definition) is 3. The van der Waals surface area contributed by atoms with Crippen molar-refractivity contribution in [3.63, 3.8) is 0 Å². The smallest absolute Gasteiger partial charge is 0.220 e. The summed E-state index contributed by atoms with van der Waals surface area (Å²) >= 11 is 0. The Morgan fingerprint density at radius 3 is 0.881 bits per heavy atom. The number of carbonyl (C=O) groups is 1. The summed E-state index contributed by atoms with van der Waals surface area (Å²) in [5.41, 5.74) is 0. The number of rotatable bonds is 51. The van der Waals surface area contributed by atoms with E-state index >= 15 is 0 Å². The van der Waals surface area contributed by atoms with Crippen molar-refractivity contribution >= 4 is 5.91 Å². The van der Waals surface area contributed by atoms with Gasteiger partial charge in [-0.2, -0.15) is 0 Å². The summed E-state index contributed by atoms with van der Waals surface area (Å²) in [5, 5.41) is 23.0. The molecule has 0 aliphatic carbocycles. The first kappa shape index (κ1) is 58.1. The number of unbranched alkanes of at least 4 members (excludes halogenated alkanes) is 44. The molecule has 0 heterocycles. The number of nitrogens with one attached hydrogen (secondary N) is 1. The summed E-state index contributed by atoms with van der Waals surface area (Å²) in [5.74, 6) is -0.0594. The Bertz CT molecular complexity index is 814. The van der Waals surface area contributed by atoms with Gasteiger partial charge in [0.15, 0.2) is 0 Å². The highest BCUT2D eigenvalue weighted by Crippen LogP contribution is 2.18. The molecule has 59 heavy (non-hydrogen) atoms. The standard InChI is InChI=1S/C55H109NO3/c1-3-5-7-9-11-13-15-16-17-18-19-20-21-22-23-24-25-26-27-28-29-30-31-32-33-34-35-36-37-38-39-40-41-43-45-47-49-51-55(59)56-53(52-57)54(58)50-48-46-44-42-14-12-10-8-6-4-2/h48,50,53-54,57-58H,3-47,49,51-52H2,1-2H3,(H,56,59)/b50-48+. The molecule has 0 rings (SSSR count). The Kier molecular flexibility index (Phi) is 50.7. The average Bonchev–Trinajstić information content (AvgIpc) is 3.24. The van der Waals surface area contributed by atoms with Crippen LogP contribution in [0.2, 0.25) is 0 Å². The van der Waals surface area contributed by atoms with Gasteiger partial charge in [0.25, 0.3) is 0 Å². The van der Waals surface area contributed by atoms with Crippen LogP contribution in [0.5, 0.6) is 0 Å². The molecule has 4 nitrogen and oxygen atoms in total. The van der Waals surface area contributed by atoms with Crippen molar-refractivity contribution < 1.29 is 15.0 Å². The van der Waals surface area contributed by atoms with E-state index in [1.165, 1.54) is 270 Å². The fourth-order valence-electron chi connectivity index (χ4n) is 8.83. The van der Waals surface area contributed by atoms with Crippen LogP contribution in [-0.2, 0) is 4.79 Å². The Labute approximate surface area is 371 Å². The molecule has 2 atom stereocenters. The topological polar surface area (TPSA) is 69.6 Å². The zero-order chi connectivity index (χ0) is 42.8. The molecule has 4 heteroatoms. The van der Waals surface area contributed by atoms with E-state index in [0.29, 0.717) is 6.42 Å². The van der Waals surface area contributed by atoms with E-state index in [1.807, 2.05) is 6.08 Å². The molecule has 0 fully saturated rings. The van der Waals surface area contributed by atoms with E-state index in [2.05, 4.69) is 19.2 Å². The number of allylic oxidation sites excluding steroid dienone is 1. The fraction of sp³-hybridized carbons (Fsp3) is 0.945. The van der Waals surface area contributed by atoms with Gasteiger partial charge < -0.3 is 15.5 Å². The molecule has 0 saturated carbocycles. The first-order valence-electron chi connectivity index (χ1n) is 27.4. The molecule has 0 aromatic rings. The van der Waals surface area contributed by atoms with Crippen molar-refractivity contribution in [3.05, 3.63) is 12.2 Å². The minimum atomic E-state index is -0.833. The summed E-state index contributed by atoms with van der Waals surface area (Å²) in [4.78, 5) is 12.4. The lowest BCUT2D eigenvalue weighted by Crippen LogP contribution is -2.45. The second-order valence-electron chi connectivity index (χ2n) is 19.0. The second-order valence-corrected chi connectivity index (χ2v) is 19.0. The monoisotopic (exact) mass is 832 g/mol. The Morgan fingerprint density at radius 1 is 0.390 bits per heavy atom. The van der Waals surface area contributed by atoms with Crippen LogP contribution in [0.1, 0.15) is 316 Å². The van der Waals surface area contributed by atoms with Crippen LogP contribution in [0.15, 0.2) is 12.2 Å². The third-order valence-electron chi connectivity index (χ3n) is 13.0. The van der Waals surface area contributed by atoms with Gasteiger partial charge in [-0.15, -0.1) is 0 Å². The average molecular weight is 832 g/mol.